The third-order valence-electron chi connectivity index (χ3n) is 4.08. The maximum absolute atomic E-state index is 11.5. The molecule has 2 rings (SSSR count). The molecule has 1 aliphatic rings. The molecule has 24 heavy (non-hydrogen) atoms. The molecule has 0 saturated carbocycles. The van der Waals surface area contributed by atoms with Gasteiger partial charge < -0.3 is 19.9 Å². The molecule has 8 nitrogen and oxygen atoms in total. The lowest BCUT2D eigenvalue weighted by Gasteiger charge is -2.35. The smallest absolute Gasteiger partial charge is 0.278 e. The number of nitrogens with zero attached hydrogens (tertiary/aromatic N) is 2. The molecule has 0 aromatic heterocycles. The van der Waals surface area contributed by atoms with Crippen molar-refractivity contribution < 1.29 is 19.5 Å². The van der Waals surface area contributed by atoms with Crippen molar-refractivity contribution in [1.82, 2.24) is 10.2 Å². The average molecular weight is 362 g/mol. The minimum atomic E-state index is -0.413. The van der Waals surface area contributed by atoms with Crippen LogP contribution in [0.2, 0.25) is 0 Å². The summed E-state index contributed by atoms with van der Waals surface area (Å²) in [6.45, 7) is 3.15. The van der Waals surface area contributed by atoms with Crippen LogP contribution >= 0.6 is 12.4 Å². The lowest BCUT2D eigenvalue weighted by atomic mass is 9.98. The van der Waals surface area contributed by atoms with Gasteiger partial charge in [0.15, 0.2) is 11.5 Å². The van der Waals surface area contributed by atoms with Crippen LogP contribution in [0.15, 0.2) is 12.1 Å². The number of halogens is 1. The number of nitro groups is 1. The Kier molecular flexibility index (Phi) is 8.20. The van der Waals surface area contributed by atoms with Gasteiger partial charge in [0, 0.05) is 38.8 Å². The zero-order valence-electron chi connectivity index (χ0n) is 13.9. The van der Waals surface area contributed by atoms with Crippen LogP contribution in [0.4, 0.5) is 5.69 Å². The van der Waals surface area contributed by atoms with Gasteiger partial charge in [0.2, 0.25) is 0 Å². The third kappa shape index (κ3) is 4.47. The molecule has 0 bridgehead atoms. The molecule has 1 aliphatic heterocycles. The summed E-state index contributed by atoms with van der Waals surface area (Å²) in [6.07, 6.45) is 0.427. The van der Waals surface area contributed by atoms with Crippen molar-refractivity contribution in [3.05, 3.63) is 27.8 Å². The fourth-order valence-corrected chi connectivity index (χ4v) is 2.96. The van der Waals surface area contributed by atoms with E-state index in [1.165, 1.54) is 20.3 Å². The minimum Gasteiger partial charge on any atom is -0.493 e. The number of hydrogen-bond acceptors (Lipinski definition) is 7. The number of hydrogen-bond donors (Lipinski definition) is 2. The number of nitro benzene ring substituents is 1. The number of benzene rings is 1. The standard InChI is InChI=1S/C15H23N3O5.ClH/c1-22-14-9-11(13(18(20)21)10-15(14)23-2)12(3-8-19)17-6-4-16-5-7-17;/h9-10,12,16,19H,3-8H2,1-2H3;1H/t12-;/m0./s1. The van der Waals surface area contributed by atoms with E-state index in [0.29, 0.717) is 23.5 Å². The van der Waals surface area contributed by atoms with Gasteiger partial charge in [-0.1, -0.05) is 0 Å². The van der Waals surface area contributed by atoms with E-state index in [1.54, 1.807) is 6.07 Å². The molecule has 0 radical (unpaired) electrons. The number of ether oxygens (including phenoxy) is 2. The van der Waals surface area contributed by atoms with Gasteiger partial charge >= 0.3 is 0 Å². The molecule has 0 spiro atoms. The van der Waals surface area contributed by atoms with Crippen LogP contribution in [-0.2, 0) is 0 Å². The summed E-state index contributed by atoms with van der Waals surface area (Å²) < 4.78 is 10.5. The highest BCUT2D eigenvalue weighted by atomic mass is 35.5. The Balaban J connectivity index is 0.00000288. The van der Waals surface area contributed by atoms with Crippen LogP contribution in [0.1, 0.15) is 18.0 Å². The van der Waals surface area contributed by atoms with E-state index in [9.17, 15) is 15.2 Å². The van der Waals surface area contributed by atoms with Gasteiger partial charge in [0.25, 0.3) is 5.69 Å². The van der Waals surface area contributed by atoms with Crippen molar-refractivity contribution >= 4 is 18.1 Å². The Labute approximate surface area is 147 Å². The van der Waals surface area contributed by atoms with Crippen molar-refractivity contribution in [2.45, 2.75) is 12.5 Å². The summed E-state index contributed by atoms with van der Waals surface area (Å²) in [5.41, 5.74) is 0.531. The molecule has 9 heteroatoms. The molecule has 1 fully saturated rings. The summed E-state index contributed by atoms with van der Waals surface area (Å²) in [6, 6.07) is 2.81. The molecule has 0 unspecified atom stereocenters. The van der Waals surface area contributed by atoms with Gasteiger partial charge in [-0.15, -0.1) is 12.4 Å². The summed E-state index contributed by atoms with van der Waals surface area (Å²) in [5, 5.41) is 24.2. The van der Waals surface area contributed by atoms with Gasteiger partial charge in [0.1, 0.15) is 0 Å². The number of piperazine rings is 1. The summed E-state index contributed by atoms with van der Waals surface area (Å²) in [7, 11) is 2.95. The van der Waals surface area contributed by atoms with E-state index in [1.807, 2.05) is 0 Å². The Bertz CT molecular complexity index is 552. The number of aliphatic hydroxyl groups is 1. The van der Waals surface area contributed by atoms with Crippen LogP contribution in [0, 0.1) is 10.1 Å². The number of nitrogens with one attached hydrogen (secondary N) is 1. The number of aliphatic hydroxyl groups excluding tert-OH is 1. The largest absolute Gasteiger partial charge is 0.493 e. The van der Waals surface area contributed by atoms with E-state index < -0.39 is 4.92 Å². The van der Waals surface area contributed by atoms with Crippen LogP contribution in [0.3, 0.4) is 0 Å². The molecule has 136 valence electrons. The quantitative estimate of drug-likeness (QED) is 0.559. The molecule has 1 atom stereocenters. The molecule has 0 amide bonds. The lowest BCUT2D eigenvalue weighted by Crippen LogP contribution is -2.45. The maximum atomic E-state index is 11.5. The normalized spacial score (nSPS) is 16.1. The van der Waals surface area contributed by atoms with Crippen LogP contribution in [-0.4, -0.2) is 61.9 Å². The Morgan fingerprint density at radius 1 is 1.29 bits per heavy atom. The molecule has 1 heterocycles. The third-order valence-corrected chi connectivity index (χ3v) is 4.08. The van der Waals surface area contributed by atoms with Crippen LogP contribution in [0.25, 0.3) is 0 Å². The van der Waals surface area contributed by atoms with Gasteiger partial charge in [-0.05, 0) is 12.5 Å². The SMILES string of the molecule is COc1cc([C@H](CCO)N2CCNCC2)c([N+](=O)[O-])cc1OC.Cl. The second kappa shape index (κ2) is 9.63. The fraction of sp³-hybridized carbons (Fsp3) is 0.600. The molecular formula is C15H24ClN3O5. The van der Waals surface area contributed by atoms with Crippen molar-refractivity contribution in [2.75, 3.05) is 47.0 Å². The summed E-state index contributed by atoms with van der Waals surface area (Å²) in [5.74, 6) is 0.775. The van der Waals surface area contributed by atoms with Gasteiger partial charge in [-0.25, -0.2) is 0 Å². The molecule has 0 aliphatic carbocycles. The second-order valence-electron chi connectivity index (χ2n) is 5.34. The summed E-state index contributed by atoms with van der Waals surface area (Å²) in [4.78, 5) is 13.2. The first-order chi connectivity index (χ1) is 11.1. The first kappa shape index (κ1) is 20.4. The van der Waals surface area contributed by atoms with Crippen LogP contribution in [0.5, 0.6) is 11.5 Å². The van der Waals surface area contributed by atoms with Crippen molar-refractivity contribution in [3.63, 3.8) is 0 Å². The highest BCUT2D eigenvalue weighted by Gasteiger charge is 2.30. The predicted octanol–water partition coefficient (Wildman–Crippen LogP) is 1.36. The molecule has 2 N–H and O–H groups in total. The molecular weight excluding hydrogens is 338 g/mol. The Hall–Kier alpha value is -1.61. The predicted molar refractivity (Wildman–Crippen MR) is 92.3 cm³/mol. The minimum absolute atomic E-state index is 0. The van der Waals surface area contributed by atoms with Gasteiger partial charge in [-0.3, -0.25) is 15.0 Å². The van der Waals surface area contributed by atoms with E-state index in [-0.39, 0.29) is 30.7 Å². The zero-order valence-corrected chi connectivity index (χ0v) is 14.7. The highest BCUT2D eigenvalue weighted by molar-refractivity contribution is 5.85. The maximum Gasteiger partial charge on any atom is 0.278 e. The van der Waals surface area contributed by atoms with E-state index in [4.69, 9.17) is 9.47 Å². The van der Waals surface area contributed by atoms with Crippen LogP contribution < -0.4 is 14.8 Å². The van der Waals surface area contributed by atoms with Crippen molar-refractivity contribution in [2.24, 2.45) is 0 Å². The lowest BCUT2D eigenvalue weighted by molar-refractivity contribution is -0.386. The fourth-order valence-electron chi connectivity index (χ4n) is 2.96. The number of methoxy groups -OCH3 is 2. The molecule has 1 aromatic carbocycles. The van der Waals surface area contributed by atoms with E-state index in [0.717, 1.165) is 26.2 Å². The van der Waals surface area contributed by atoms with Crippen molar-refractivity contribution in [1.29, 1.82) is 0 Å². The van der Waals surface area contributed by atoms with E-state index >= 15 is 0 Å². The average Bonchev–Trinajstić information content (AvgIpc) is 2.59. The highest BCUT2D eigenvalue weighted by Crippen LogP contribution is 2.40. The number of rotatable bonds is 7. The first-order valence-corrected chi connectivity index (χ1v) is 7.58. The van der Waals surface area contributed by atoms with E-state index in [2.05, 4.69) is 10.2 Å². The Morgan fingerprint density at radius 2 is 1.88 bits per heavy atom. The molecule has 1 aromatic rings. The van der Waals surface area contributed by atoms with Gasteiger partial charge in [-0.2, -0.15) is 0 Å². The summed E-state index contributed by atoms with van der Waals surface area (Å²) >= 11 is 0. The topological polar surface area (TPSA) is 97.1 Å². The zero-order chi connectivity index (χ0) is 16.8. The Morgan fingerprint density at radius 3 is 2.38 bits per heavy atom. The van der Waals surface area contributed by atoms with Crippen molar-refractivity contribution in [3.8, 4) is 11.5 Å². The second-order valence-corrected chi connectivity index (χ2v) is 5.34. The molecule has 1 saturated heterocycles. The first-order valence-electron chi connectivity index (χ1n) is 7.58. The monoisotopic (exact) mass is 361 g/mol. The van der Waals surface area contributed by atoms with Gasteiger partial charge in [0.05, 0.1) is 30.8 Å².